The van der Waals surface area contributed by atoms with Crippen LogP contribution >= 0.6 is 0 Å². The van der Waals surface area contributed by atoms with Crippen LogP contribution in [0.5, 0.6) is 5.88 Å². The Balaban J connectivity index is 1.18. The van der Waals surface area contributed by atoms with Crippen LogP contribution in [0, 0.1) is 22.7 Å². The van der Waals surface area contributed by atoms with Gasteiger partial charge in [-0.3, -0.25) is 4.79 Å². The fourth-order valence-corrected chi connectivity index (χ4v) is 6.96. The van der Waals surface area contributed by atoms with Gasteiger partial charge in [0.25, 0.3) is 0 Å². The first kappa shape index (κ1) is 24.2. The van der Waals surface area contributed by atoms with Gasteiger partial charge in [0.15, 0.2) is 5.82 Å². The van der Waals surface area contributed by atoms with Crippen LogP contribution in [0.3, 0.4) is 0 Å². The first-order valence-electron chi connectivity index (χ1n) is 13.4. The molecule has 0 spiro atoms. The molecule has 4 heterocycles. The van der Waals surface area contributed by atoms with Crippen molar-refractivity contribution in [2.45, 2.75) is 58.9 Å². The van der Waals surface area contributed by atoms with E-state index in [0.29, 0.717) is 40.5 Å². The van der Waals surface area contributed by atoms with E-state index in [1.165, 1.54) is 12.8 Å². The summed E-state index contributed by atoms with van der Waals surface area (Å²) in [7, 11) is 2.09. The van der Waals surface area contributed by atoms with Crippen LogP contribution in [0.4, 0.5) is 17.5 Å². The number of nitrogens with one attached hydrogen (secondary N) is 3. The Morgan fingerprint density at radius 3 is 2.73 bits per heavy atom. The quantitative estimate of drug-likeness (QED) is 0.471. The maximum atomic E-state index is 12.8. The summed E-state index contributed by atoms with van der Waals surface area (Å²) < 4.78 is 0. The minimum absolute atomic E-state index is 0.0199. The molecule has 3 fully saturated rings. The number of carbonyl (C=O) groups excluding carboxylic acids is 1. The third kappa shape index (κ3) is 4.04. The number of anilines is 2. The number of aromatic hydroxyl groups is 1. The molecule has 9 heteroatoms. The number of pyridine rings is 1. The van der Waals surface area contributed by atoms with Crippen LogP contribution in [-0.4, -0.2) is 63.3 Å². The molecule has 2 aliphatic heterocycles. The SMILES string of the molecule is CN1CCC(C(=O)Nc2cnc3c(c2)C(=Cc2[nH]c(NC4CC5CCC4(C)C5(C)C)nc2O)C=N3)CC1. The van der Waals surface area contributed by atoms with Crippen LogP contribution in [0.2, 0.25) is 0 Å². The third-order valence-electron chi connectivity index (χ3n) is 9.98. The Morgan fingerprint density at radius 1 is 1.24 bits per heavy atom. The second-order valence-electron chi connectivity index (χ2n) is 12.1. The average molecular weight is 504 g/mol. The van der Waals surface area contributed by atoms with Crippen molar-refractivity contribution in [3.05, 3.63) is 23.5 Å². The monoisotopic (exact) mass is 503 g/mol. The normalized spacial score (nSPS) is 29.7. The fraction of sp³-hybridized carbons (Fsp3) is 0.571. The molecule has 37 heavy (non-hydrogen) atoms. The molecule has 6 rings (SSSR count). The Bertz CT molecular complexity index is 1290. The number of imidazole rings is 1. The molecule has 9 nitrogen and oxygen atoms in total. The van der Waals surface area contributed by atoms with Gasteiger partial charge < -0.3 is 25.6 Å². The van der Waals surface area contributed by atoms with Gasteiger partial charge in [-0.1, -0.05) is 20.8 Å². The smallest absolute Gasteiger partial charge is 0.238 e. The standard InChI is InChI=1S/C28H37N7O2/c1-27(2)18-5-8-28(27,3)22(12-18)33-26-32-21(25(37)34-26)11-17-14-29-23-20(17)13-19(15-30-23)31-24(36)16-6-9-35(4)10-7-16/h11,13-16,18,22,37H,5-10,12H2,1-4H3,(H,31,36)(H2,32,33,34). The van der Waals surface area contributed by atoms with Gasteiger partial charge in [0.05, 0.1) is 11.9 Å². The van der Waals surface area contributed by atoms with Gasteiger partial charge in [0.2, 0.25) is 17.7 Å². The number of hydrogen-bond acceptors (Lipinski definition) is 7. The number of amides is 1. The second kappa shape index (κ2) is 8.68. The Kier molecular flexibility index (Phi) is 5.67. The number of aromatic nitrogens is 3. The number of H-pyrrole nitrogens is 1. The van der Waals surface area contributed by atoms with Crippen molar-refractivity contribution in [3.8, 4) is 5.88 Å². The van der Waals surface area contributed by atoms with Gasteiger partial charge in [0, 0.05) is 29.3 Å². The van der Waals surface area contributed by atoms with Gasteiger partial charge in [0.1, 0.15) is 5.69 Å². The summed E-state index contributed by atoms with van der Waals surface area (Å²) >= 11 is 0. The Hall–Kier alpha value is -3.20. The Labute approximate surface area is 217 Å². The predicted molar refractivity (Wildman–Crippen MR) is 146 cm³/mol. The van der Waals surface area contributed by atoms with Crippen molar-refractivity contribution in [1.82, 2.24) is 19.9 Å². The van der Waals surface area contributed by atoms with E-state index in [2.05, 4.69) is 63.3 Å². The van der Waals surface area contributed by atoms with Crippen molar-refractivity contribution in [2.24, 2.45) is 27.7 Å². The van der Waals surface area contributed by atoms with E-state index in [9.17, 15) is 9.90 Å². The van der Waals surface area contributed by atoms with Crippen molar-refractivity contribution < 1.29 is 9.90 Å². The molecule has 1 saturated heterocycles. The van der Waals surface area contributed by atoms with E-state index in [4.69, 9.17) is 0 Å². The lowest BCUT2D eigenvalue weighted by atomic mass is 9.69. The van der Waals surface area contributed by atoms with Crippen molar-refractivity contribution in [2.75, 3.05) is 30.8 Å². The van der Waals surface area contributed by atoms with Crippen LogP contribution in [0.25, 0.3) is 11.6 Å². The van der Waals surface area contributed by atoms with E-state index in [-0.39, 0.29) is 23.1 Å². The molecule has 2 saturated carbocycles. The highest BCUT2D eigenvalue weighted by atomic mass is 16.3. The number of aromatic amines is 1. The topological polar surface area (TPSA) is 119 Å². The summed E-state index contributed by atoms with van der Waals surface area (Å²) in [6.07, 6.45) is 10.6. The number of nitrogens with zero attached hydrogens (tertiary/aromatic N) is 4. The molecule has 2 bridgehead atoms. The van der Waals surface area contributed by atoms with Crippen molar-refractivity contribution in [1.29, 1.82) is 0 Å². The first-order valence-corrected chi connectivity index (χ1v) is 13.4. The molecule has 3 atom stereocenters. The first-order chi connectivity index (χ1) is 17.6. The molecule has 4 N–H and O–H groups in total. The molecule has 2 aliphatic carbocycles. The fourth-order valence-electron chi connectivity index (χ4n) is 6.96. The van der Waals surface area contributed by atoms with Crippen molar-refractivity contribution in [3.63, 3.8) is 0 Å². The highest BCUT2D eigenvalue weighted by Crippen LogP contribution is 2.65. The van der Waals surface area contributed by atoms with E-state index in [0.717, 1.165) is 43.5 Å². The lowest BCUT2D eigenvalue weighted by Crippen LogP contribution is -2.40. The van der Waals surface area contributed by atoms with E-state index in [1.807, 2.05) is 12.1 Å². The molecule has 2 aromatic rings. The molecule has 2 aromatic heterocycles. The van der Waals surface area contributed by atoms with Gasteiger partial charge >= 0.3 is 0 Å². The second-order valence-corrected chi connectivity index (χ2v) is 12.1. The highest BCUT2D eigenvalue weighted by Gasteiger charge is 2.61. The number of piperidine rings is 1. The summed E-state index contributed by atoms with van der Waals surface area (Å²) in [6, 6.07) is 2.22. The minimum atomic E-state index is -0.0518. The molecule has 196 valence electrons. The molecule has 1 amide bonds. The predicted octanol–water partition coefficient (Wildman–Crippen LogP) is 4.67. The number of hydrogen-bond donors (Lipinski definition) is 4. The maximum Gasteiger partial charge on any atom is 0.238 e. The van der Waals surface area contributed by atoms with E-state index < -0.39 is 0 Å². The molecule has 0 aromatic carbocycles. The van der Waals surface area contributed by atoms with Crippen LogP contribution in [0.1, 0.15) is 64.1 Å². The zero-order valence-corrected chi connectivity index (χ0v) is 22.1. The minimum Gasteiger partial charge on any atom is -0.492 e. The number of carbonyl (C=O) groups is 1. The van der Waals surface area contributed by atoms with Crippen LogP contribution < -0.4 is 10.6 Å². The summed E-state index contributed by atoms with van der Waals surface area (Å²) in [4.78, 5) is 31.5. The number of allylic oxidation sites excluding steroid dienone is 1. The van der Waals surface area contributed by atoms with Crippen molar-refractivity contribution >= 4 is 41.2 Å². The Morgan fingerprint density at radius 2 is 2.03 bits per heavy atom. The van der Waals surface area contributed by atoms with Gasteiger partial charge in [-0.15, -0.1) is 0 Å². The van der Waals surface area contributed by atoms with E-state index >= 15 is 0 Å². The molecule has 0 radical (unpaired) electrons. The maximum absolute atomic E-state index is 12.8. The summed E-state index contributed by atoms with van der Waals surface area (Å²) in [5, 5.41) is 17.2. The van der Waals surface area contributed by atoms with Gasteiger partial charge in [-0.05, 0) is 81.1 Å². The number of rotatable bonds is 5. The third-order valence-corrected chi connectivity index (χ3v) is 9.98. The number of likely N-dealkylation sites (tertiary alicyclic amines) is 1. The van der Waals surface area contributed by atoms with Crippen LogP contribution in [0.15, 0.2) is 17.3 Å². The molecule has 4 aliphatic rings. The summed E-state index contributed by atoms with van der Waals surface area (Å²) in [5.74, 6) is 1.91. The largest absolute Gasteiger partial charge is 0.492 e. The van der Waals surface area contributed by atoms with Crippen LogP contribution in [-0.2, 0) is 4.79 Å². The number of fused-ring (bicyclic) bond motifs is 3. The van der Waals surface area contributed by atoms with Gasteiger partial charge in [-0.25, -0.2) is 9.98 Å². The highest BCUT2D eigenvalue weighted by molar-refractivity contribution is 6.21. The zero-order chi connectivity index (χ0) is 25.9. The van der Waals surface area contributed by atoms with Gasteiger partial charge in [-0.2, -0.15) is 4.98 Å². The molecular weight excluding hydrogens is 466 g/mol. The zero-order valence-electron chi connectivity index (χ0n) is 22.1. The average Bonchev–Trinajstić information content (AvgIpc) is 3.53. The lowest BCUT2D eigenvalue weighted by molar-refractivity contribution is -0.121. The lowest BCUT2D eigenvalue weighted by Gasteiger charge is -2.39. The number of aliphatic imine (C=N–C) groups is 1. The molecular formula is C28H37N7O2. The van der Waals surface area contributed by atoms with E-state index in [1.54, 1.807) is 12.4 Å². The molecule has 3 unspecified atom stereocenters. The summed E-state index contributed by atoms with van der Waals surface area (Å²) in [6.45, 7) is 9.02. The summed E-state index contributed by atoms with van der Waals surface area (Å²) in [5.41, 5.74) is 3.29.